The number of benzene rings is 9. The SMILES string of the molecule is CC1(C)c2ccccc2-c2cccc(-c3ccc4c(c3)c3c5c(ccc3n4-c3nc(-c4ccc(-n6c7ccccc7c7ccccc76)cc4)c4ccccc4n3)-c3ccccc3C5(C)C)c21. The number of rotatable bonds is 4. The monoisotopic (exact) mass is 844 g/mol. The van der Waals surface area contributed by atoms with Crippen molar-refractivity contribution in [3.8, 4) is 56.3 Å². The van der Waals surface area contributed by atoms with Crippen LogP contribution in [-0.4, -0.2) is 19.1 Å². The van der Waals surface area contributed by atoms with Gasteiger partial charge in [-0.05, 0) is 104 Å². The van der Waals surface area contributed by atoms with Gasteiger partial charge in [0.2, 0.25) is 5.95 Å². The minimum Gasteiger partial charge on any atom is -0.309 e. The highest BCUT2D eigenvalue weighted by molar-refractivity contribution is 6.15. The number of hydrogen-bond acceptors (Lipinski definition) is 2. The molecule has 0 fully saturated rings. The summed E-state index contributed by atoms with van der Waals surface area (Å²) < 4.78 is 4.69. The highest BCUT2D eigenvalue weighted by atomic mass is 15.2. The molecular formula is C62H44N4. The molecule has 0 amide bonds. The fraction of sp³-hybridized carbons (Fsp3) is 0.0968. The Kier molecular flexibility index (Phi) is 7.49. The van der Waals surface area contributed by atoms with Crippen LogP contribution in [0.15, 0.2) is 194 Å². The summed E-state index contributed by atoms with van der Waals surface area (Å²) in [6.45, 7) is 9.54. The maximum Gasteiger partial charge on any atom is 0.235 e. The Morgan fingerprint density at radius 2 is 0.894 bits per heavy atom. The molecular weight excluding hydrogens is 801 g/mol. The molecule has 12 aromatic rings. The van der Waals surface area contributed by atoms with Gasteiger partial charge in [0.15, 0.2) is 0 Å². The van der Waals surface area contributed by atoms with Crippen molar-refractivity contribution < 1.29 is 0 Å². The Labute approximate surface area is 383 Å². The van der Waals surface area contributed by atoms with Crippen molar-refractivity contribution in [2.45, 2.75) is 38.5 Å². The standard InChI is InChI=1S/C62H44N4/c1-61(2)49-23-10-5-16-41(49)45-22-15-21-40(57(45)61)38-30-34-54-48(36-38)56-55(35-33-46-42-17-6-11-24-50(42)62(3,4)58(46)56)66(54)60-63-51-25-12-7-20-47(51)59(64-60)37-28-31-39(32-29-37)65-52-26-13-8-18-43(52)44-19-9-14-27-53(44)65/h5-36H,1-4H3. The van der Waals surface area contributed by atoms with Crippen LogP contribution in [0.5, 0.6) is 0 Å². The molecule has 14 rings (SSSR count). The van der Waals surface area contributed by atoms with Crippen molar-refractivity contribution in [1.82, 2.24) is 19.1 Å². The summed E-state index contributed by atoms with van der Waals surface area (Å²) in [5, 5.41) is 5.99. The van der Waals surface area contributed by atoms with Gasteiger partial charge in [0.25, 0.3) is 0 Å². The largest absolute Gasteiger partial charge is 0.309 e. The molecule has 9 aromatic carbocycles. The Morgan fingerprint density at radius 3 is 1.61 bits per heavy atom. The van der Waals surface area contributed by atoms with Crippen molar-refractivity contribution in [2.75, 3.05) is 0 Å². The molecule has 0 radical (unpaired) electrons. The fourth-order valence-electron chi connectivity index (χ4n) is 12.2. The van der Waals surface area contributed by atoms with Gasteiger partial charge in [-0.25, -0.2) is 9.97 Å². The lowest BCUT2D eigenvalue weighted by Crippen LogP contribution is -2.16. The maximum atomic E-state index is 5.59. The third-order valence-electron chi connectivity index (χ3n) is 15.1. The molecule has 2 aliphatic rings. The quantitative estimate of drug-likeness (QED) is 0.177. The molecule has 0 spiro atoms. The third-order valence-corrected chi connectivity index (χ3v) is 15.1. The van der Waals surface area contributed by atoms with Gasteiger partial charge in [-0.15, -0.1) is 0 Å². The van der Waals surface area contributed by atoms with Gasteiger partial charge in [-0.2, -0.15) is 0 Å². The van der Waals surface area contributed by atoms with Crippen LogP contribution in [-0.2, 0) is 10.8 Å². The second-order valence-electron chi connectivity index (χ2n) is 19.3. The van der Waals surface area contributed by atoms with Crippen LogP contribution in [0.25, 0.3) is 111 Å². The van der Waals surface area contributed by atoms with E-state index in [-0.39, 0.29) is 10.8 Å². The van der Waals surface area contributed by atoms with Gasteiger partial charge in [-0.3, -0.25) is 4.57 Å². The first-order chi connectivity index (χ1) is 32.3. The normalized spacial score (nSPS) is 14.3. The summed E-state index contributed by atoms with van der Waals surface area (Å²) in [6, 6.07) is 71.2. The van der Waals surface area contributed by atoms with Gasteiger partial charge in [0.05, 0.1) is 33.3 Å². The van der Waals surface area contributed by atoms with Crippen LogP contribution < -0.4 is 0 Å². The predicted molar refractivity (Wildman–Crippen MR) is 274 cm³/mol. The molecule has 4 heteroatoms. The lowest BCUT2D eigenvalue weighted by Gasteiger charge is -2.24. The van der Waals surface area contributed by atoms with Crippen LogP contribution in [0.3, 0.4) is 0 Å². The lowest BCUT2D eigenvalue weighted by molar-refractivity contribution is 0.662. The number of nitrogens with zero attached hydrogens (tertiary/aromatic N) is 4. The van der Waals surface area contributed by atoms with Crippen LogP contribution in [0.4, 0.5) is 0 Å². The van der Waals surface area contributed by atoms with Crippen molar-refractivity contribution >= 4 is 54.5 Å². The Morgan fingerprint density at radius 1 is 0.364 bits per heavy atom. The molecule has 0 bridgehead atoms. The van der Waals surface area contributed by atoms with E-state index in [2.05, 4.69) is 231 Å². The first-order valence-electron chi connectivity index (χ1n) is 23.1. The number of para-hydroxylation sites is 3. The second kappa shape index (κ2) is 13.2. The average Bonchev–Trinajstić information content (AvgIpc) is 4.02. The van der Waals surface area contributed by atoms with Gasteiger partial charge >= 0.3 is 0 Å². The van der Waals surface area contributed by atoms with E-state index in [0.29, 0.717) is 5.95 Å². The minimum atomic E-state index is -0.230. The number of aromatic nitrogens is 4. The van der Waals surface area contributed by atoms with Crippen LogP contribution in [0.1, 0.15) is 49.9 Å². The Hall–Kier alpha value is -8.08. The van der Waals surface area contributed by atoms with Crippen molar-refractivity contribution in [3.63, 3.8) is 0 Å². The van der Waals surface area contributed by atoms with Crippen molar-refractivity contribution in [3.05, 3.63) is 216 Å². The molecule has 0 saturated carbocycles. The number of hydrogen-bond donors (Lipinski definition) is 0. The predicted octanol–water partition coefficient (Wildman–Crippen LogP) is 15.8. The summed E-state index contributed by atoms with van der Waals surface area (Å²) in [7, 11) is 0. The van der Waals surface area contributed by atoms with E-state index in [1.807, 2.05) is 0 Å². The van der Waals surface area contributed by atoms with Gasteiger partial charge in [0.1, 0.15) is 0 Å². The smallest absolute Gasteiger partial charge is 0.235 e. The molecule has 66 heavy (non-hydrogen) atoms. The van der Waals surface area contributed by atoms with Crippen molar-refractivity contribution in [2.24, 2.45) is 0 Å². The zero-order valence-electron chi connectivity index (χ0n) is 37.3. The first-order valence-corrected chi connectivity index (χ1v) is 23.1. The van der Waals surface area contributed by atoms with E-state index >= 15 is 0 Å². The fourth-order valence-corrected chi connectivity index (χ4v) is 12.2. The zero-order valence-corrected chi connectivity index (χ0v) is 37.3. The maximum absolute atomic E-state index is 5.59. The molecule has 0 N–H and O–H groups in total. The molecule has 3 aromatic heterocycles. The molecule has 0 unspecified atom stereocenters. The highest BCUT2D eigenvalue weighted by Crippen LogP contribution is 2.55. The third kappa shape index (κ3) is 4.93. The van der Waals surface area contributed by atoms with E-state index in [4.69, 9.17) is 9.97 Å². The first kappa shape index (κ1) is 37.3. The van der Waals surface area contributed by atoms with Crippen molar-refractivity contribution in [1.29, 1.82) is 0 Å². The van der Waals surface area contributed by atoms with E-state index in [9.17, 15) is 0 Å². The van der Waals surface area contributed by atoms with E-state index in [1.54, 1.807) is 0 Å². The summed E-state index contributed by atoms with van der Waals surface area (Å²) in [5.74, 6) is 0.661. The number of fused-ring (bicyclic) bond motifs is 14. The molecule has 0 aliphatic heterocycles. The van der Waals surface area contributed by atoms with E-state index in [0.717, 1.165) is 38.9 Å². The second-order valence-corrected chi connectivity index (χ2v) is 19.3. The molecule has 2 aliphatic carbocycles. The zero-order chi connectivity index (χ0) is 44.1. The van der Waals surface area contributed by atoms with Crippen LogP contribution >= 0.6 is 0 Å². The summed E-state index contributed by atoms with van der Waals surface area (Å²) in [4.78, 5) is 11.0. The lowest BCUT2D eigenvalue weighted by atomic mass is 9.78. The average molecular weight is 845 g/mol. The van der Waals surface area contributed by atoms with Gasteiger partial charge in [0, 0.05) is 49.0 Å². The topological polar surface area (TPSA) is 35.6 Å². The summed E-state index contributed by atoms with van der Waals surface area (Å²) >= 11 is 0. The minimum absolute atomic E-state index is 0.145. The molecule has 0 atom stereocenters. The summed E-state index contributed by atoms with van der Waals surface area (Å²) in [5.41, 5.74) is 21.4. The highest BCUT2D eigenvalue weighted by Gasteiger charge is 2.40. The molecule has 0 saturated heterocycles. The van der Waals surface area contributed by atoms with Crippen LogP contribution in [0, 0.1) is 0 Å². The molecule has 4 nitrogen and oxygen atoms in total. The van der Waals surface area contributed by atoms with Crippen LogP contribution in [0.2, 0.25) is 0 Å². The Bertz CT molecular complexity index is 3990. The Balaban J connectivity index is 1.00. The van der Waals surface area contributed by atoms with E-state index < -0.39 is 0 Å². The molecule has 312 valence electrons. The van der Waals surface area contributed by atoms with Gasteiger partial charge < -0.3 is 4.57 Å². The molecule has 3 heterocycles. The summed E-state index contributed by atoms with van der Waals surface area (Å²) in [6.07, 6.45) is 0. The van der Waals surface area contributed by atoms with E-state index in [1.165, 1.54) is 88.2 Å². The van der Waals surface area contributed by atoms with Gasteiger partial charge in [-0.1, -0.05) is 173 Å².